The van der Waals surface area contributed by atoms with Crippen molar-refractivity contribution >= 4 is 28.8 Å². The summed E-state index contributed by atoms with van der Waals surface area (Å²) in [7, 11) is 0. The smallest absolute Gasteiger partial charge is 0.336 e. The first-order chi connectivity index (χ1) is 9.54. The van der Waals surface area contributed by atoms with Gasteiger partial charge in [-0.1, -0.05) is 37.3 Å². The van der Waals surface area contributed by atoms with Crippen LogP contribution in [0.4, 0.5) is 0 Å². The largest absolute Gasteiger partial charge is 0.478 e. The van der Waals surface area contributed by atoms with Crippen LogP contribution in [0.2, 0.25) is 0 Å². The maximum absolute atomic E-state index is 11.2. The number of fused-ring (bicyclic) bond motifs is 1. The van der Waals surface area contributed by atoms with E-state index in [-0.39, 0.29) is 5.56 Å². The zero-order valence-corrected chi connectivity index (χ0v) is 11.0. The lowest BCUT2D eigenvalue weighted by molar-refractivity contribution is -0.132. The third-order valence-corrected chi connectivity index (χ3v) is 3.17. The fourth-order valence-electron chi connectivity index (χ4n) is 2.14. The standard InChI is InChI=1S/C16H14O4/c1-2-10(15(17)18)9-11-7-8-14(16(19)20)13-6-4-3-5-12(11)13/h3-9H,2H2,1H3,(H,17,18)(H,19,20). The molecule has 0 bridgehead atoms. The second-order valence-corrected chi connectivity index (χ2v) is 4.38. The summed E-state index contributed by atoms with van der Waals surface area (Å²) >= 11 is 0. The lowest BCUT2D eigenvalue weighted by atomic mass is 9.97. The van der Waals surface area contributed by atoms with Gasteiger partial charge in [0.15, 0.2) is 0 Å². The van der Waals surface area contributed by atoms with Crippen LogP contribution in [0.1, 0.15) is 29.3 Å². The zero-order valence-electron chi connectivity index (χ0n) is 11.0. The van der Waals surface area contributed by atoms with Gasteiger partial charge in [0.2, 0.25) is 0 Å². The van der Waals surface area contributed by atoms with E-state index in [1.807, 2.05) is 0 Å². The molecule has 102 valence electrons. The Morgan fingerprint density at radius 3 is 2.25 bits per heavy atom. The Morgan fingerprint density at radius 2 is 1.70 bits per heavy atom. The van der Waals surface area contributed by atoms with Gasteiger partial charge >= 0.3 is 11.9 Å². The summed E-state index contributed by atoms with van der Waals surface area (Å²) in [6.45, 7) is 1.77. The van der Waals surface area contributed by atoms with Crippen LogP contribution >= 0.6 is 0 Å². The Bertz CT molecular complexity index is 713. The van der Waals surface area contributed by atoms with E-state index in [2.05, 4.69) is 0 Å². The van der Waals surface area contributed by atoms with Crippen LogP contribution in [0, 0.1) is 0 Å². The van der Waals surface area contributed by atoms with Crippen molar-refractivity contribution < 1.29 is 19.8 Å². The summed E-state index contributed by atoms with van der Waals surface area (Å²) in [5.74, 6) is -1.95. The van der Waals surface area contributed by atoms with Gasteiger partial charge in [-0.2, -0.15) is 0 Å². The van der Waals surface area contributed by atoms with Crippen molar-refractivity contribution in [2.75, 3.05) is 0 Å². The molecule has 0 aliphatic heterocycles. The quantitative estimate of drug-likeness (QED) is 0.835. The Kier molecular flexibility index (Phi) is 3.84. The lowest BCUT2D eigenvalue weighted by Gasteiger charge is -2.07. The zero-order chi connectivity index (χ0) is 14.7. The Balaban J connectivity index is 2.71. The number of carboxylic acid groups (broad SMARTS) is 2. The van der Waals surface area contributed by atoms with Crippen molar-refractivity contribution in [1.82, 2.24) is 0 Å². The molecule has 0 atom stereocenters. The topological polar surface area (TPSA) is 74.6 Å². The van der Waals surface area contributed by atoms with E-state index < -0.39 is 11.9 Å². The number of hydrogen-bond donors (Lipinski definition) is 2. The summed E-state index contributed by atoms with van der Waals surface area (Å²) in [6, 6.07) is 10.2. The molecule has 4 nitrogen and oxygen atoms in total. The molecule has 0 heterocycles. The van der Waals surface area contributed by atoms with Crippen LogP contribution in [0.3, 0.4) is 0 Å². The number of rotatable bonds is 4. The summed E-state index contributed by atoms with van der Waals surface area (Å²) < 4.78 is 0. The molecule has 20 heavy (non-hydrogen) atoms. The number of benzene rings is 2. The van der Waals surface area contributed by atoms with Gasteiger partial charge in [0.1, 0.15) is 0 Å². The van der Waals surface area contributed by atoms with Crippen molar-refractivity contribution in [3.05, 3.63) is 53.1 Å². The van der Waals surface area contributed by atoms with Crippen LogP contribution in [0.25, 0.3) is 16.8 Å². The maximum atomic E-state index is 11.2. The molecule has 0 aliphatic rings. The molecule has 0 radical (unpaired) electrons. The molecule has 0 unspecified atom stereocenters. The van der Waals surface area contributed by atoms with Gasteiger partial charge in [0.05, 0.1) is 5.56 Å². The highest BCUT2D eigenvalue weighted by molar-refractivity contribution is 6.07. The molecule has 0 saturated heterocycles. The highest BCUT2D eigenvalue weighted by atomic mass is 16.4. The molecule has 2 N–H and O–H groups in total. The minimum Gasteiger partial charge on any atom is -0.478 e. The van der Waals surface area contributed by atoms with Crippen molar-refractivity contribution in [1.29, 1.82) is 0 Å². The highest BCUT2D eigenvalue weighted by Gasteiger charge is 2.11. The van der Waals surface area contributed by atoms with Crippen molar-refractivity contribution in [2.24, 2.45) is 0 Å². The average Bonchev–Trinajstić information content (AvgIpc) is 2.43. The van der Waals surface area contributed by atoms with E-state index in [1.165, 1.54) is 6.07 Å². The van der Waals surface area contributed by atoms with Gasteiger partial charge in [-0.05, 0) is 34.9 Å². The molecule has 0 aliphatic carbocycles. The second-order valence-electron chi connectivity index (χ2n) is 4.38. The Morgan fingerprint density at radius 1 is 1.05 bits per heavy atom. The minimum absolute atomic E-state index is 0.214. The van der Waals surface area contributed by atoms with Gasteiger partial charge in [-0.3, -0.25) is 0 Å². The molecule has 2 rings (SSSR count). The highest BCUT2D eigenvalue weighted by Crippen LogP contribution is 2.25. The fraction of sp³-hybridized carbons (Fsp3) is 0.125. The lowest BCUT2D eigenvalue weighted by Crippen LogP contribution is -2.00. The number of aliphatic carboxylic acids is 1. The predicted molar refractivity (Wildman–Crippen MR) is 76.8 cm³/mol. The number of carboxylic acids is 2. The molecule has 2 aromatic carbocycles. The van der Waals surface area contributed by atoms with Crippen LogP contribution < -0.4 is 0 Å². The Labute approximate surface area is 116 Å². The minimum atomic E-state index is -0.995. The van der Waals surface area contributed by atoms with Gasteiger partial charge in [-0.15, -0.1) is 0 Å². The predicted octanol–water partition coefficient (Wildman–Crippen LogP) is 3.42. The van der Waals surface area contributed by atoms with Crippen molar-refractivity contribution in [3.63, 3.8) is 0 Å². The fourth-order valence-corrected chi connectivity index (χ4v) is 2.14. The number of hydrogen-bond acceptors (Lipinski definition) is 2. The number of carbonyl (C=O) groups is 2. The summed E-state index contributed by atoms with van der Waals surface area (Å²) in [5, 5.41) is 19.6. The second kappa shape index (κ2) is 5.57. The first-order valence-electron chi connectivity index (χ1n) is 6.23. The van der Waals surface area contributed by atoms with E-state index in [9.17, 15) is 14.7 Å². The van der Waals surface area contributed by atoms with Crippen molar-refractivity contribution in [3.8, 4) is 0 Å². The number of aromatic carboxylic acids is 1. The molecule has 0 spiro atoms. The van der Waals surface area contributed by atoms with Crippen LogP contribution in [0.5, 0.6) is 0 Å². The SMILES string of the molecule is CCC(=Cc1ccc(C(=O)O)c2ccccc12)C(=O)O. The third-order valence-electron chi connectivity index (χ3n) is 3.17. The first-order valence-corrected chi connectivity index (χ1v) is 6.23. The molecule has 2 aromatic rings. The van der Waals surface area contributed by atoms with Crippen LogP contribution in [-0.4, -0.2) is 22.2 Å². The normalized spacial score (nSPS) is 11.6. The molecule has 0 saturated carbocycles. The third kappa shape index (κ3) is 2.54. The molecule has 0 fully saturated rings. The molecular formula is C16H14O4. The van der Waals surface area contributed by atoms with Gasteiger partial charge < -0.3 is 10.2 Å². The van der Waals surface area contributed by atoms with Gasteiger partial charge in [-0.25, -0.2) is 9.59 Å². The molecular weight excluding hydrogens is 256 g/mol. The van der Waals surface area contributed by atoms with E-state index in [1.54, 1.807) is 43.3 Å². The molecule has 0 aromatic heterocycles. The Hall–Kier alpha value is -2.62. The van der Waals surface area contributed by atoms with Crippen LogP contribution in [0.15, 0.2) is 42.0 Å². The van der Waals surface area contributed by atoms with E-state index in [0.717, 1.165) is 5.39 Å². The first kappa shape index (κ1) is 13.8. The van der Waals surface area contributed by atoms with Crippen LogP contribution in [-0.2, 0) is 4.79 Å². The monoisotopic (exact) mass is 270 g/mol. The molecule has 0 amide bonds. The van der Waals surface area contributed by atoms with E-state index >= 15 is 0 Å². The summed E-state index contributed by atoms with van der Waals surface area (Å²) in [5.41, 5.74) is 1.22. The van der Waals surface area contributed by atoms with Crippen molar-refractivity contribution in [2.45, 2.75) is 13.3 Å². The average molecular weight is 270 g/mol. The maximum Gasteiger partial charge on any atom is 0.336 e. The van der Waals surface area contributed by atoms with Gasteiger partial charge in [0, 0.05) is 5.57 Å². The summed E-state index contributed by atoms with van der Waals surface area (Å²) in [6.07, 6.45) is 2.00. The van der Waals surface area contributed by atoms with E-state index in [4.69, 9.17) is 5.11 Å². The van der Waals surface area contributed by atoms with Gasteiger partial charge in [0.25, 0.3) is 0 Å². The summed E-state index contributed by atoms with van der Waals surface area (Å²) in [4.78, 5) is 22.3. The molecule has 4 heteroatoms. The van der Waals surface area contributed by atoms with E-state index in [0.29, 0.717) is 22.9 Å².